The number of hydrogen-bond acceptors (Lipinski definition) is 2. The molecule has 4 nitrogen and oxygen atoms in total. The highest BCUT2D eigenvalue weighted by atomic mass is 16.1. The zero-order valence-electron chi connectivity index (χ0n) is 10.6. The van der Waals surface area contributed by atoms with E-state index < -0.39 is 0 Å². The minimum Gasteiger partial charge on any atom is -0.384 e. The van der Waals surface area contributed by atoms with E-state index in [1.165, 1.54) is 0 Å². The van der Waals surface area contributed by atoms with Crippen molar-refractivity contribution in [3.8, 4) is 0 Å². The van der Waals surface area contributed by atoms with Gasteiger partial charge in [-0.2, -0.15) is 0 Å². The molecule has 0 unspecified atom stereocenters. The van der Waals surface area contributed by atoms with Crippen LogP contribution in [0.2, 0.25) is 0 Å². The quantitative estimate of drug-likeness (QED) is 0.799. The highest BCUT2D eigenvalue weighted by Crippen LogP contribution is 2.05. The minimum atomic E-state index is 0.0593. The van der Waals surface area contributed by atoms with Gasteiger partial charge in [0.25, 0.3) is 5.56 Å². The zero-order valence-corrected chi connectivity index (χ0v) is 10.6. The Morgan fingerprint density at radius 2 is 2.19 bits per heavy atom. The number of H-pyrrole nitrogens is 1. The summed E-state index contributed by atoms with van der Waals surface area (Å²) in [6.45, 7) is 13.2. The number of nitrogens with one attached hydrogen (secondary N) is 2. The number of nitrogens with zero attached hydrogens (tertiary/aromatic N) is 1. The van der Waals surface area contributed by atoms with E-state index in [1.54, 1.807) is 4.68 Å². The van der Waals surface area contributed by atoms with E-state index in [0.717, 1.165) is 17.0 Å². The van der Waals surface area contributed by atoms with Gasteiger partial charge in [0.05, 0.1) is 5.56 Å². The molecule has 0 radical (unpaired) electrons. The van der Waals surface area contributed by atoms with Crippen molar-refractivity contribution >= 4 is 0 Å². The summed E-state index contributed by atoms with van der Waals surface area (Å²) >= 11 is 0. The normalized spacial score (nSPS) is 10.8. The van der Waals surface area contributed by atoms with Crippen molar-refractivity contribution < 1.29 is 0 Å². The first kappa shape index (κ1) is 12.6. The summed E-state index contributed by atoms with van der Waals surface area (Å²) in [7, 11) is 0. The van der Waals surface area contributed by atoms with Gasteiger partial charge in [-0.15, -0.1) is 0 Å². The molecule has 0 spiro atoms. The van der Waals surface area contributed by atoms with Crippen LogP contribution in [0.3, 0.4) is 0 Å². The Morgan fingerprint density at radius 3 is 2.62 bits per heavy atom. The molecule has 0 fully saturated rings. The third-order valence-corrected chi connectivity index (χ3v) is 2.76. The molecule has 0 atom stereocenters. The fraction of sp³-hybridized carbons (Fsp3) is 0.583. The second kappa shape index (κ2) is 5.05. The molecule has 1 aromatic heterocycles. The zero-order chi connectivity index (χ0) is 12.3. The second-order valence-electron chi connectivity index (χ2n) is 4.30. The Balaban J connectivity index is 2.78. The van der Waals surface area contributed by atoms with Crippen LogP contribution in [0.4, 0.5) is 0 Å². The summed E-state index contributed by atoms with van der Waals surface area (Å²) < 4.78 is 1.62. The van der Waals surface area contributed by atoms with Gasteiger partial charge in [-0.25, -0.2) is 0 Å². The van der Waals surface area contributed by atoms with Gasteiger partial charge in [0.15, 0.2) is 0 Å². The topological polar surface area (TPSA) is 49.8 Å². The monoisotopic (exact) mass is 223 g/mol. The molecule has 4 heteroatoms. The lowest BCUT2D eigenvalue weighted by atomic mass is 10.1. The Labute approximate surface area is 96.3 Å². The average molecular weight is 223 g/mol. The number of allylic oxidation sites excluding steroid dienone is 1. The van der Waals surface area contributed by atoms with Crippen LogP contribution in [-0.2, 0) is 13.1 Å². The maximum absolute atomic E-state index is 11.9. The van der Waals surface area contributed by atoms with Crippen LogP contribution in [0, 0.1) is 12.8 Å². The molecular weight excluding hydrogens is 202 g/mol. The van der Waals surface area contributed by atoms with E-state index >= 15 is 0 Å². The summed E-state index contributed by atoms with van der Waals surface area (Å²) in [5, 5.41) is 6.24. The molecule has 1 aromatic rings. The minimum absolute atomic E-state index is 0.0593. The van der Waals surface area contributed by atoms with Crippen molar-refractivity contribution in [1.82, 2.24) is 15.1 Å². The Hall–Kier alpha value is -1.45. The molecule has 0 aliphatic rings. The number of rotatable bonds is 5. The number of hydrogen-bond donors (Lipinski definition) is 2. The third kappa shape index (κ3) is 2.56. The number of aryl methyl sites for hydroxylation is 2. The average Bonchev–Trinajstić information content (AvgIpc) is 2.51. The maximum atomic E-state index is 11.9. The Kier molecular flexibility index (Phi) is 3.99. The van der Waals surface area contributed by atoms with Gasteiger partial charge >= 0.3 is 0 Å². The molecule has 0 amide bonds. The number of aromatic amines is 1. The van der Waals surface area contributed by atoms with Gasteiger partial charge in [0.1, 0.15) is 0 Å². The number of aromatic nitrogens is 2. The molecule has 0 aliphatic heterocycles. The molecule has 90 valence electrons. The van der Waals surface area contributed by atoms with Crippen LogP contribution in [-0.4, -0.2) is 9.78 Å². The van der Waals surface area contributed by atoms with Gasteiger partial charge in [-0.3, -0.25) is 14.6 Å². The van der Waals surface area contributed by atoms with E-state index in [2.05, 4.69) is 30.8 Å². The summed E-state index contributed by atoms with van der Waals surface area (Å²) in [5.74, 6) is 0.382. The van der Waals surface area contributed by atoms with Crippen molar-refractivity contribution in [1.29, 1.82) is 0 Å². The van der Waals surface area contributed by atoms with Crippen LogP contribution < -0.4 is 10.9 Å². The lowest BCUT2D eigenvalue weighted by Gasteiger charge is -2.11. The molecule has 16 heavy (non-hydrogen) atoms. The van der Waals surface area contributed by atoms with E-state index in [0.29, 0.717) is 19.0 Å². The predicted molar refractivity (Wildman–Crippen MR) is 66.3 cm³/mol. The van der Waals surface area contributed by atoms with Crippen LogP contribution in [0.5, 0.6) is 0 Å². The summed E-state index contributed by atoms with van der Waals surface area (Å²) in [5.41, 5.74) is 2.74. The predicted octanol–water partition coefficient (Wildman–Crippen LogP) is 1.76. The van der Waals surface area contributed by atoms with Crippen molar-refractivity contribution in [2.45, 2.75) is 40.8 Å². The Bertz CT molecular complexity index is 426. The van der Waals surface area contributed by atoms with Gasteiger partial charge in [-0.05, 0) is 19.8 Å². The molecule has 0 aromatic carbocycles. The molecule has 0 bridgehead atoms. The summed E-state index contributed by atoms with van der Waals surface area (Å²) in [6.07, 6.45) is 0. The molecule has 0 aliphatic carbocycles. The maximum Gasteiger partial charge on any atom is 0.271 e. The van der Waals surface area contributed by atoms with Gasteiger partial charge in [-0.1, -0.05) is 20.4 Å². The van der Waals surface area contributed by atoms with E-state index in [4.69, 9.17) is 0 Å². The lowest BCUT2D eigenvalue weighted by molar-refractivity contribution is 0.627. The molecule has 1 heterocycles. The fourth-order valence-corrected chi connectivity index (χ4v) is 1.48. The standard InChI is InChI=1S/C12H21N3O/c1-6-15-12(16)11(10(5)14-15)7-13-9(4)8(2)3/h8,13-14H,4,6-7H2,1-3,5H3. The van der Waals surface area contributed by atoms with Crippen LogP contribution in [0.15, 0.2) is 17.1 Å². The first-order chi connectivity index (χ1) is 7.47. The third-order valence-electron chi connectivity index (χ3n) is 2.76. The van der Waals surface area contributed by atoms with E-state index in [-0.39, 0.29) is 5.56 Å². The molecular formula is C12H21N3O. The lowest BCUT2D eigenvalue weighted by Crippen LogP contribution is -2.23. The molecule has 0 saturated carbocycles. The first-order valence-electron chi connectivity index (χ1n) is 5.68. The van der Waals surface area contributed by atoms with Crippen LogP contribution in [0.1, 0.15) is 32.0 Å². The van der Waals surface area contributed by atoms with Crippen molar-refractivity contribution in [3.63, 3.8) is 0 Å². The van der Waals surface area contributed by atoms with Crippen LogP contribution >= 0.6 is 0 Å². The van der Waals surface area contributed by atoms with Crippen molar-refractivity contribution in [2.75, 3.05) is 0 Å². The SMILES string of the molecule is C=C(NCc1c(C)[nH]n(CC)c1=O)C(C)C. The van der Waals surface area contributed by atoms with E-state index in [9.17, 15) is 4.79 Å². The largest absolute Gasteiger partial charge is 0.384 e. The van der Waals surface area contributed by atoms with Crippen LogP contribution in [0.25, 0.3) is 0 Å². The molecule has 2 N–H and O–H groups in total. The molecule has 0 saturated heterocycles. The summed E-state index contributed by atoms with van der Waals surface area (Å²) in [6, 6.07) is 0. The summed E-state index contributed by atoms with van der Waals surface area (Å²) in [4.78, 5) is 11.9. The first-order valence-corrected chi connectivity index (χ1v) is 5.68. The Morgan fingerprint density at radius 1 is 1.56 bits per heavy atom. The van der Waals surface area contributed by atoms with Crippen molar-refractivity contribution in [3.05, 3.63) is 33.9 Å². The highest BCUT2D eigenvalue weighted by molar-refractivity contribution is 5.16. The molecule has 1 rings (SSSR count). The highest BCUT2D eigenvalue weighted by Gasteiger charge is 2.10. The fourth-order valence-electron chi connectivity index (χ4n) is 1.48. The smallest absolute Gasteiger partial charge is 0.271 e. The van der Waals surface area contributed by atoms with Gasteiger partial charge < -0.3 is 5.32 Å². The van der Waals surface area contributed by atoms with Gasteiger partial charge in [0, 0.05) is 24.5 Å². The van der Waals surface area contributed by atoms with Gasteiger partial charge in [0.2, 0.25) is 0 Å². The second-order valence-corrected chi connectivity index (χ2v) is 4.30. The van der Waals surface area contributed by atoms with E-state index in [1.807, 2.05) is 13.8 Å². The van der Waals surface area contributed by atoms with Crippen molar-refractivity contribution in [2.24, 2.45) is 5.92 Å².